The number of piperazine rings is 1. The van der Waals surface area contributed by atoms with E-state index in [1.165, 1.54) is 11.1 Å². The van der Waals surface area contributed by atoms with E-state index in [0.29, 0.717) is 0 Å². The van der Waals surface area contributed by atoms with Gasteiger partial charge in [-0.25, -0.2) is 0 Å². The zero-order chi connectivity index (χ0) is 17.6. The molecule has 1 aliphatic heterocycles. The minimum absolute atomic E-state index is 0.109. The van der Waals surface area contributed by atoms with E-state index in [9.17, 15) is 0 Å². The van der Waals surface area contributed by atoms with Crippen molar-refractivity contribution in [2.75, 3.05) is 47.5 Å². The summed E-state index contributed by atoms with van der Waals surface area (Å²) in [5, 5.41) is 3.42. The van der Waals surface area contributed by atoms with Gasteiger partial charge in [0.15, 0.2) is 11.5 Å². The monoisotopic (exact) mass is 342 g/mol. The van der Waals surface area contributed by atoms with Crippen molar-refractivity contribution in [3.05, 3.63) is 53.6 Å². The van der Waals surface area contributed by atoms with Gasteiger partial charge >= 0.3 is 0 Å². The molecule has 0 bridgehead atoms. The predicted molar refractivity (Wildman–Crippen MR) is 98.8 cm³/mol. The maximum atomic E-state index is 5.64. The van der Waals surface area contributed by atoms with Gasteiger partial charge in [0.25, 0.3) is 0 Å². The molecule has 5 nitrogen and oxygen atoms in total. The molecule has 0 amide bonds. The molecule has 0 spiro atoms. The first-order chi connectivity index (χ1) is 12.3. The molecule has 0 radical (unpaired) electrons. The summed E-state index contributed by atoms with van der Waals surface area (Å²) in [6.07, 6.45) is 0. The third-order valence-electron chi connectivity index (χ3n) is 4.67. The van der Waals surface area contributed by atoms with Gasteiger partial charge in [-0.2, -0.15) is 0 Å². The van der Waals surface area contributed by atoms with Gasteiger partial charge in [0, 0.05) is 31.7 Å². The minimum Gasteiger partial charge on any atom is -0.496 e. The Bertz CT molecular complexity index is 699. The van der Waals surface area contributed by atoms with Crippen LogP contribution in [0.1, 0.15) is 17.2 Å². The second-order valence-corrected chi connectivity index (χ2v) is 6.04. The van der Waals surface area contributed by atoms with E-state index in [2.05, 4.69) is 34.5 Å². The number of benzene rings is 2. The molecule has 1 fully saturated rings. The molecule has 134 valence electrons. The normalized spacial score (nSPS) is 16.3. The van der Waals surface area contributed by atoms with Crippen molar-refractivity contribution in [1.82, 2.24) is 10.2 Å². The Hall–Kier alpha value is -2.24. The third kappa shape index (κ3) is 3.72. The molecule has 1 saturated heterocycles. The number of rotatable bonds is 6. The van der Waals surface area contributed by atoms with Gasteiger partial charge in [-0.1, -0.05) is 24.3 Å². The van der Waals surface area contributed by atoms with E-state index >= 15 is 0 Å². The maximum absolute atomic E-state index is 5.64. The Morgan fingerprint density at radius 2 is 1.52 bits per heavy atom. The number of methoxy groups -OCH3 is 3. The molecule has 0 aliphatic carbocycles. The number of nitrogens with one attached hydrogen (secondary N) is 1. The summed E-state index contributed by atoms with van der Waals surface area (Å²) in [5.74, 6) is 2.39. The van der Waals surface area contributed by atoms with Crippen LogP contribution < -0.4 is 19.5 Å². The highest BCUT2D eigenvalue weighted by Crippen LogP contribution is 2.38. The lowest BCUT2D eigenvalue weighted by molar-refractivity contribution is 0.195. The van der Waals surface area contributed by atoms with Crippen molar-refractivity contribution in [3.8, 4) is 17.2 Å². The van der Waals surface area contributed by atoms with E-state index in [-0.39, 0.29) is 6.04 Å². The number of para-hydroxylation sites is 1. The number of hydrogen-bond donors (Lipinski definition) is 1. The van der Waals surface area contributed by atoms with Crippen molar-refractivity contribution in [3.63, 3.8) is 0 Å². The van der Waals surface area contributed by atoms with Crippen LogP contribution in [0.2, 0.25) is 0 Å². The lowest BCUT2D eigenvalue weighted by atomic mass is 9.95. The van der Waals surface area contributed by atoms with Crippen LogP contribution in [0, 0.1) is 0 Å². The van der Waals surface area contributed by atoms with Gasteiger partial charge in [0.05, 0.1) is 27.4 Å². The van der Waals surface area contributed by atoms with Gasteiger partial charge in [0.2, 0.25) is 0 Å². The van der Waals surface area contributed by atoms with E-state index in [1.807, 2.05) is 18.2 Å². The molecule has 2 aromatic carbocycles. The summed E-state index contributed by atoms with van der Waals surface area (Å²) in [5.41, 5.74) is 2.34. The summed E-state index contributed by atoms with van der Waals surface area (Å²) in [4.78, 5) is 2.48. The molecule has 1 N–H and O–H groups in total. The van der Waals surface area contributed by atoms with Crippen LogP contribution in [-0.2, 0) is 0 Å². The molecule has 1 heterocycles. The van der Waals surface area contributed by atoms with Crippen LogP contribution in [0.4, 0.5) is 0 Å². The highest BCUT2D eigenvalue weighted by atomic mass is 16.5. The van der Waals surface area contributed by atoms with Crippen molar-refractivity contribution in [2.24, 2.45) is 0 Å². The molecule has 1 atom stereocenters. The first kappa shape index (κ1) is 17.6. The molecule has 3 rings (SSSR count). The highest BCUT2D eigenvalue weighted by Gasteiger charge is 2.27. The largest absolute Gasteiger partial charge is 0.496 e. The fraction of sp³-hybridized carbons (Fsp3) is 0.400. The Kier molecular flexibility index (Phi) is 5.79. The van der Waals surface area contributed by atoms with Crippen LogP contribution in [0.25, 0.3) is 0 Å². The Morgan fingerprint density at radius 1 is 0.840 bits per heavy atom. The highest BCUT2D eigenvalue weighted by molar-refractivity contribution is 5.48. The number of ether oxygens (including phenoxy) is 3. The summed E-state index contributed by atoms with van der Waals surface area (Å²) in [6, 6.07) is 14.5. The molecule has 1 aliphatic rings. The topological polar surface area (TPSA) is 43.0 Å². The predicted octanol–water partition coefficient (Wildman–Crippen LogP) is 2.71. The molecular weight excluding hydrogens is 316 g/mol. The van der Waals surface area contributed by atoms with Crippen LogP contribution in [0.15, 0.2) is 42.5 Å². The van der Waals surface area contributed by atoms with Crippen molar-refractivity contribution < 1.29 is 14.2 Å². The molecular formula is C20H26N2O3. The molecule has 2 aromatic rings. The molecule has 0 saturated carbocycles. The average Bonchev–Trinajstić information content (AvgIpc) is 2.69. The number of nitrogens with zero attached hydrogens (tertiary/aromatic N) is 1. The quantitative estimate of drug-likeness (QED) is 0.874. The van der Waals surface area contributed by atoms with Gasteiger partial charge in [-0.15, -0.1) is 0 Å². The smallest absolute Gasteiger partial charge is 0.161 e. The van der Waals surface area contributed by atoms with Crippen molar-refractivity contribution in [1.29, 1.82) is 0 Å². The summed E-state index contributed by atoms with van der Waals surface area (Å²) in [6.45, 7) is 3.94. The van der Waals surface area contributed by atoms with Gasteiger partial charge in [-0.05, 0) is 23.8 Å². The van der Waals surface area contributed by atoms with Crippen LogP contribution >= 0.6 is 0 Å². The Balaban J connectivity index is 2.07. The SMILES string of the molecule is COc1ccc(C(c2ccccc2OC)N2CCNCC2)cc1OC. The molecule has 1 unspecified atom stereocenters. The van der Waals surface area contributed by atoms with E-state index in [0.717, 1.165) is 43.4 Å². The second-order valence-electron chi connectivity index (χ2n) is 6.04. The van der Waals surface area contributed by atoms with Crippen LogP contribution in [0.3, 0.4) is 0 Å². The Labute approximate surface area is 149 Å². The standard InChI is InChI=1S/C20H26N2O3/c1-23-17-7-5-4-6-16(17)20(22-12-10-21-11-13-22)15-8-9-18(24-2)19(14-15)25-3/h4-9,14,20-21H,10-13H2,1-3H3. The fourth-order valence-electron chi connectivity index (χ4n) is 3.44. The first-order valence-electron chi connectivity index (χ1n) is 8.58. The summed E-state index contributed by atoms with van der Waals surface area (Å²) >= 11 is 0. The summed E-state index contributed by atoms with van der Waals surface area (Å²) < 4.78 is 16.6. The van der Waals surface area contributed by atoms with E-state index in [1.54, 1.807) is 21.3 Å². The molecule has 5 heteroatoms. The lowest BCUT2D eigenvalue weighted by Gasteiger charge is -2.36. The van der Waals surface area contributed by atoms with E-state index < -0.39 is 0 Å². The van der Waals surface area contributed by atoms with Crippen LogP contribution in [0.5, 0.6) is 17.2 Å². The van der Waals surface area contributed by atoms with Gasteiger partial charge in [-0.3, -0.25) is 4.90 Å². The van der Waals surface area contributed by atoms with E-state index in [4.69, 9.17) is 14.2 Å². The summed E-state index contributed by atoms with van der Waals surface area (Å²) in [7, 11) is 5.05. The molecule has 0 aromatic heterocycles. The lowest BCUT2D eigenvalue weighted by Crippen LogP contribution is -2.45. The average molecular weight is 342 g/mol. The fourth-order valence-corrected chi connectivity index (χ4v) is 3.44. The van der Waals surface area contributed by atoms with Gasteiger partial charge in [0.1, 0.15) is 5.75 Å². The Morgan fingerprint density at radius 3 is 2.20 bits per heavy atom. The number of hydrogen-bond acceptors (Lipinski definition) is 5. The third-order valence-corrected chi connectivity index (χ3v) is 4.67. The molecule has 25 heavy (non-hydrogen) atoms. The van der Waals surface area contributed by atoms with Crippen molar-refractivity contribution in [2.45, 2.75) is 6.04 Å². The van der Waals surface area contributed by atoms with Crippen LogP contribution in [-0.4, -0.2) is 52.4 Å². The second kappa shape index (κ2) is 8.23. The zero-order valence-electron chi connectivity index (χ0n) is 15.1. The maximum Gasteiger partial charge on any atom is 0.161 e. The van der Waals surface area contributed by atoms with Gasteiger partial charge < -0.3 is 19.5 Å². The zero-order valence-corrected chi connectivity index (χ0v) is 15.1. The van der Waals surface area contributed by atoms with Crippen molar-refractivity contribution >= 4 is 0 Å². The minimum atomic E-state index is 0.109. The first-order valence-corrected chi connectivity index (χ1v) is 8.58.